The quantitative estimate of drug-likeness (QED) is 0.193. The van der Waals surface area contributed by atoms with Gasteiger partial charge in [-0.1, -0.05) is 104 Å². The molecular formula is C36H38N2O8. The molecule has 1 aliphatic rings. The summed E-state index contributed by atoms with van der Waals surface area (Å²) in [5.74, 6) is -2.42. The number of carbonyl (C=O) groups excluding carboxylic acids is 4. The Balaban J connectivity index is 1.49. The molecule has 4 rings (SSSR count). The van der Waals surface area contributed by atoms with Crippen LogP contribution in [0.5, 0.6) is 0 Å². The second-order valence-corrected chi connectivity index (χ2v) is 11.0. The van der Waals surface area contributed by atoms with Gasteiger partial charge in [-0.15, -0.1) is 0 Å². The van der Waals surface area contributed by atoms with Crippen molar-refractivity contribution in [3.63, 3.8) is 0 Å². The molecule has 0 spiro atoms. The Morgan fingerprint density at radius 3 is 1.48 bits per heavy atom. The third-order valence-electron chi connectivity index (χ3n) is 7.33. The van der Waals surface area contributed by atoms with E-state index in [2.05, 4.69) is 23.8 Å². The van der Waals surface area contributed by atoms with Crippen LogP contribution in [0.4, 0.5) is 0 Å². The third kappa shape index (κ3) is 9.98. The van der Waals surface area contributed by atoms with Crippen LogP contribution in [-0.2, 0) is 51.0 Å². The lowest BCUT2D eigenvalue weighted by atomic mass is 9.91. The first-order valence-electron chi connectivity index (χ1n) is 14.9. The van der Waals surface area contributed by atoms with Crippen LogP contribution in [-0.4, -0.2) is 62.3 Å². The number of ether oxygens (including phenoxy) is 4. The molecule has 10 heteroatoms. The van der Waals surface area contributed by atoms with E-state index < -0.39 is 47.5 Å². The zero-order valence-electron chi connectivity index (χ0n) is 25.5. The summed E-state index contributed by atoms with van der Waals surface area (Å²) in [6.07, 6.45) is 1.87. The minimum absolute atomic E-state index is 0.0257. The summed E-state index contributed by atoms with van der Waals surface area (Å²) in [7, 11) is 0. The van der Waals surface area contributed by atoms with Crippen molar-refractivity contribution in [2.24, 2.45) is 5.41 Å². The van der Waals surface area contributed by atoms with Gasteiger partial charge in [-0.05, 0) is 23.3 Å². The maximum atomic E-state index is 13.4. The van der Waals surface area contributed by atoms with Gasteiger partial charge in [-0.2, -0.15) is 0 Å². The molecule has 0 bridgehead atoms. The van der Waals surface area contributed by atoms with E-state index in [4.69, 9.17) is 18.9 Å². The van der Waals surface area contributed by atoms with Gasteiger partial charge in [0.15, 0.2) is 6.29 Å². The molecule has 1 fully saturated rings. The molecule has 2 atom stereocenters. The molecule has 0 aromatic heterocycles. The number of amides is 2. The summed E-state index contributed by atoms with van der Waals surface area (Å²) < 4.78 is 23.6. The molecule has 3 aromatic carbocycles. The molecule has 1 saturated heterocycles. The van der Waals surface area contributed by atoms with E-state index in [1.807, 2.05) is 91.0 Å². The Bertz CT molecular complexity index is 1390. The smallest absolute Gasteiger partial charge is 0.329 e. The lowest BCUT2D eigenvalue weighted by Gasteiger charge is -2.39. The Kier molecular flexibility index (Phi) is 12.4. The van der Waals surface area contributed by atoms with Crippen molar-refractivity contribution < 1.29 is 38.1 Å². The number of nitrogens with one attached hydrogen (secondary N) is 2. The standard InChI is InChI=1S/C36H38N2O8/c1-3-31(39)37-29(20-26-14-8-5-9-15-26)33(41)43-22-36(24-45-35(46-25-36)28-18-12-7-13-19-28)23-44-34(42)30(38-32(40)4-2)21-27-16-10-6-11-17-27/h3-19,29-30,35H,1-2,20-25H2,(H,37,39)(H,38,40)/t29-,30-/m0/s1. The molecule has 46 heavy (non-hydrogen) atoms. The SMILES string of the molecule is C=CC(=O)N[C@@H](Cc1ccccc1)C(=O)OCC1(COC(=O)[C@H](Cc2ccccc2)NC(=O)C=C)COC(c2ccccc2)OC1. The zero-order valence-corrected chi connectivity index (χ0v) is 25.5. The summed E-state index contributed by atoms with van der Waals surface area (Å²) in [4.78, 5) is 51.0. The van der Waals surface area contributed by atoms with Gasteiger partial charge in [0.2, 0.25) is 11.8 Å². The molecule has 240 valence electrons. The molecule has 0 aliphatic carbocycles. The number of hydrogen-bond donors (Lipinski definition) is 2. The van der Waals surface area contributed by atoms with Crippen LogP contribution in [0.15, 0.2) is 116 Å². The first-order valence-corrected chi connectivity index (χ1v) is 14.9. The first kappa shape index (κ1) is 33.8. The molecule has 10 nitrogen and oxygen atoms in total. The van der Waals surface area contributed by atoms with Gasteiger partial charge in [0.25, 0.3) is 0 Å². The van der Waals surface area contributed by atoms with Crippen LogP contribution in [0.1, 0.15) is 23.0 Å². The Morgan fingerprint density at radius 1 is 0.696 bits per heavy atom. The third-order valence-corrected chi connectivity index (χ3v) is 7.33. The summed E-state index contributed by atoms with van der Waals surface area (Å²) in [5, 5.41) is 5.26. The van der Waals surface area contributed by atoms with Crippen molar-refractivity contribution in [2.45, 2.75) is 31.2 Å². The summed E-state index contributed by atoms with van der Waals surface area (Å²) in [6, 6.07) is 25.7. The van der Waals surface area contributed by atoms with Crippen LogP contribution in [0, 0.1) is 5.41 Å². The van der Waals surface area contributed by atoms with E-state index in [-0.39, 0.29) is 39.3 Å². The van der Waals surface area contributed by atoms with Crippen molar-refractivity contribution in [3.05, 3.63) is 133 Å². The highest BCUT2D eigenvalue weighted by molar-refractivity contribution is 5.91. The van der Waals surface area contributed by atoms with Gasteiger partial charge in [0.05, 0.1) is 18.6 Å². The monoisotopic (exact) mass is 626 g/mol. The van der Waals surface area contributed by atoms with E-state index >= 15 is 0 Å². The van der Waals surface area contributed by atoms with Crippen LogP contribution >= 0.6 is 0 Å². The highest BCUT2D eigenvalue weighted by Gasteiger charge is 2.41. The van der Waals surface area contributed by atoms with Gasteiger partial charge in [0, 0.05) is 18.4 Å². The van der Waals surface area contributed by atoms with Crippen LogP contribution < -0.4 is 10.6 Å². The van der Waals surface area contributed by atoms with Gasteiger partial charge >= 0.3 is 11.9 Å². The Labute approximate surface area is 268 Å². The largest absolute Gasteiger partial charge is 0.463 e. The number of hydrogen-bond acceptors (Lipinski definition) is 8. The Morgan fingerprint density at radius 2 is 1.09 bits per heavy atom. The average Bonchev–Trinajstić information content (AvgIpc) is 3.10. The molecule has 1 heterocycles. The highest BCUT2D eigenvalue weighted by Crippen LogP contribution is 2.33. The van der Waals surface area contributed by atoms with Gasteiger partial charge in [-0.3, -0.25) is 9.59 Å². The summed E-state index contributed by atoms with van der Waals surface area (Å²) >= 11 is 0. The minimum Gasteiger partial charge on any atom is -0.463 e. The van der Waals surface area contributed by atoms with Crippen LogP contribution in [0.25, 0.3) is 0 Å². The lowest BCUT2D eigenvalue weighted by molar-refractivity contribution is -0.252. The molecule has 2 amide bonds. The molecule has 1 aliphatic heterocycles. The fourth-order valence-electron chi connectivity index (χ4n) is 4.80. The van der Waals surface area contributed by atoms with E-state index in [1.165, 1.54) is 0 Å². The molecular weight excluding hydrogens is 588 g/mol. The average molecular weight is 627 g/mol. The van der Waals surface area contributed by atoms with E-state index in [1.54, 1.807) is 0 Å². The molecule has 0 saturated carbocycles. The fraction of sp³-hybridized carbons (Fsp3) is 0.278. The predicted molar refractivity (Wildman–Crippen MR) is 170 cm³/mol. The minimum atomic E-state index is -1.09. The topological polar surface area (TPSA) is 129 Å². The zero-order chi connectivity index (χ0) is 32.8. The van der Waals surface area contributed by atoms with Crippen molar-refractivity contribution in [1.29, 1.82) is 0 Å². The van der Waals surface area contributed by atoms with Crippen LogP contribution in [0.2, 0.25) is 0 Å². The highest BCUT2D eigenvalue weighted by atomic mass is 16.7. The van der Waals surface area contributed by atoms with Gasteiger partial charge < -0.3 is 29.6 Å². The van der Waals surface area contributed by atoms with E-state index in [0.717, 1.165) is 28.8 Å². The fourth-order valence-corrected chi connectivity index (χ4v) is 4.80. The number of carbonyl (C=O) groups is 4. The van der Waals surface area contributed by atoms with E-state index in [9.17, 15) is 19.2 Å². The molecule has 0 radical (unpaired) electrons. The second-order valence-electron chi connectivity index (χ2n) is 11.0. The first-order chi connectivity index (χ1) is 22.3. The molecule has 2 N–H and O–H groups in total. The van der Waals surface area contributed by atoms with Crippen molar-refractivity contribution in [2.75, 3.05) is 26.4 Å². The predicted octanol–water partition coefficient (Wildman–Crippen LogP) is 3.63. The normalized spacial score (nSPS) is 15.4. The second kappa shape index (κ2) is 16.9. The van der Waals surface area contributed by atoms with Crippen molar-refractivity contribution in [3.8, 4) is 0 Å². The lowest BCUT2D eigenvalue weighted by Crippen LogP contribution is -2.50. The summed E-state index contributed by atoms with van der Waals surface area (Å²) in [5.41, 5.74) is 1.35. The summed E-state index contributed by atoms with van der Waals surface area (Å²) in [6.45, 7) is 6.52. The number of benzene rings is 3. The van der Waals surface area contributed by atoms with Crippen LogP contribution in [0.3, 0.4) is 0 Å². The number of esters is 2. The molecule has 3 aromatic rings. The molecule has 0 unspecified atom stereocenters. The number of rotatable bonds is 15. The maximum Gasteiger partial charge on any atom is 0.329 e. The van der Waals surface area contributed by atoms with E-state index in [0.29, 0.717) is 0 Å². The van der Waals surface area contributed by atoms with Gasteiger partial charge in [-0.25, -0.2) is 9.59 Å². The maximum absolute atomic E-state index is 13.4. The van der Waals surface area contributed by atoms with Crippen molar-refractivity contribution in [1.82, 2.24) is 10.6 Å². The van der Waals surface area contributed by atoms with Crippen molar-refractivity contribution >= 4 is 23.8 Å². The van der Waals surface area contributed by atoms with Gasteiger partial charge in [0.1, 0.15) is 25.3 Å². The Hall–Kier alpha value is -5.06.